The SMILES string of the molecule is CCn1c(SCC(=O)NCC#N)nnc1-c1cc(-c2ccccc2)nc2ccccc12. The number of nitrogens with zero attached hydrogens (tertiary/aromatic N) is 5. The second-order valence-corrected chi connectivity index (χ2v) is 7.65. The first kappa shape index (κ1) is 20.6. The Morgan fingerprint density at radius 1 is 1.13 bits per heavy atom. The van der Waals surface area contributed by atoms with Gasteiger partial charge in [0.1, 0.15) is 6.54 Å². The Morgan fingerprint density at radius 2 is 1.90 bits per heavy atom. The van der Waals surface area contributed by atoms with Gasteiger partial charge in [0.25, 0.3) is 0 Å². The number of rotatable bonds is 7. The number of nitriles is 1. The monoisotopic (exact) mass is 428 g/mol. The molecule has 4 aromatic rings. The lowest BCUT2D eigenvalue weighted by Crippen LogP contribution is -2.25. The van der Waals surface area contributed by atoms with E-state index in [1.165, 1.54) is 11.8 Å². The number of pyridine rings is 1. The third-order valence-corrected chi connectivity index (χ3v) is 5.72. The van der Waals surface area contributed by atoms with Gasteiger partial charge in [-0.25, -0.2) is 4.98 Å². The van der Waals surface area contributed by atoms with Gasteiger partial charge in [-0.3, -0.25) is 4.79 Å². The zero-order valence-electron chi connectivity index (χ0n) is 16.9. The van der Waals surface area contributed by atoms with Gasteiger partial charge in [-0.05, 0) is 19.1 Å². The van der Waals surface area contributed by atoms with E-state index in [1.807, 2.05) is 78.2 Å². The van der Waals surface area contributed by atoms with Crippen LogP contribution in [0.2, 0.25) is 0 Å². The number of amides is 1. The van der Waals surface area contributed by atoms with Crippen molar-refractivity contribution in [2.75, 3.05) is 12.3 Å². The molecular weight excluding hydrogens is 408 g/mol. The maximum absolute atomic E-state index is 11.9. The molecule has 8 heteroatoms. The molecule has 0 atom stereocenters. The molecule has 0 bridgehead atoms. The van der Waals surface area contributed by atoms with E-state index in [-0.39, 0.29) is 18.2 Å². The fourth-order valence-corrected chi connectivity index (χ4v) is 4.15. The summed E-state index contributed by atoms with van der Waals surface area (Å²) in [7, 11) is 0. The van der Waals surface area contributed by atoms with Crippen LogP contribution in [0.25, 0.3) is 33.5 Å². The van der Waals surface area contributed by atoms with Crippen molar-refractivity contribution in [2.24, 2.45) is 0 Å². The highest BCUT2D eigenvalue weighted by atomic mass is 32.2. The summed E-state index contributed by atoms with van der Waals surface area (Å²) >= 11 is 1.30. The largest absolute Gasteiger partial charge is 0.342 e. The number of hydrogen-bond donors (Lipinski definition) is 1. The van der Waals surface area contributed by atoms with Crippen molar-refractivity contribution in [1.82, 2.24) is 25.1 Å². The summed E-state index contributed by atoms with van der Waals surface area (Å²) in [6, 6.07) is 22.0. The van der Waals surface area contributed by atoms with Gasteiger partial charge >= 0.3 is 0 Å². The molecule has 0 saturated heterocycles. The number of aromatic nitrogens is 4. The first-order chi connectivity index (χ1) is 15.2. The molecule has 0 fully saturated rings. The molecule has 4 rings (SSSR count). The molecule has 1 N–H and O–H groups in total. The van der Waals surface area contributed by atoms with E-state index < -0.39 is 0 Å². The zero-order valence-corrected chi connectivity index (χ0v) is 17.8. The molecule has 2 heterocycles. The number of thioether (sulfide) groups is 1. The van der Waals surface area contributed by atoms with E-state index in [4.69, 9.17) is 10.2 Å². The van der Waals surface area contributed by atoms with Crippen LogP contribution in [0.3, 0.4) is 0 Å². The van der Waals surface area contributed by atoms with Crippen molar-refractivity contribution >= 4 is 28.6 Å². The molecule has 0 spiro atoms. The normalized spacial score (nSPS) is 10.7. The Labute approximate surface area is 184 Å². The fourth-order valence-electron chi connectivity index (χ4n) is 3.32. The number of carbonyl (C=O) groups is 1. The van der Waals surface area contributed by atoms with Gasteiger partial charge in [-0.15, -0.1) is 10.2 Å². The minimum atomic E-state index is -0.209. The van der Waals surface area contributed by atoms with Crippen LogP contribution in [0.15, 0.2) is 65.8 Å². The molecule has 2 aromatic heterocycles. The van der Waals surface area contributed by atoms with E-state index in [1.54, 1.807) is 0 Å². The first-order valence-corrected chi connectivity index (χ1v) is 10.8. The summed E-state index contributed by atoms with van der Waals surface area (Å²) in [6.45, 7) is 2.67. The smallest absolute Gasteiger partial charge is 0.231 e. The van der Waals surface area contributed by atoms with Gasteiger partial charge in [-0.2, -0.15) is 5.26 Å². The molecule has 31 heavy (non-hydrogen) atoms. The minimum absolute atomic E-state index is 0.00359. The predicted molar refractivity (Wildman–Crippen MR) is 121 cm³/mol. The summed E-state index contributed by atoms with van der Waals surface area (Å²) in [5.41, 5.74) is 3.72. The fraction of sp³-hybridized carbons (Fsp3) is 0.174. The number of fused-ring (bicyclic) bond motifs is 1. The number of carbonyl (C=O) groups excluding carboxylic acids is 1. The lowest BCUT2D eigenvalue weighted by molar-refractivity contribution is -0.118. The van der Waals surface area contributed by atoms with Crippen LogP contribution < -0.4 is 5.32 Å². The van der Waals surface area contributed by atoms with Crippen LogP contribution in [-0.4, -0.2) is 38.0 Å². The van der Waals surface area contributed by atoms with Gasteiger partial charge in [0.2, 0.25) is 5.91 Å². The van der Waals surface area contributed by atoms with Gasteiger partial charge in [0.05, 0.1) is 23.0 Å². The first-order valence-electron chi connectivity index (χ1n) is 9.86. The molecule has 0 saturated carbocycles. The highest BCUT2D eigenvalue weighted by Gasteiger charge is 2.18. The Kier molecular flexibility index (Phi) is 6.24. The van der Waals surface area contributed by atoms with Crippen molar-refractivity contribution < 1.29 is 4.79 Å². The standard InChI is InChI=1S/C23H20N6OS/c1-2-29-22(27-28-23(29)31-15-21(30)25-13-12-24)18-14-20(16-8-4-3-5-9-16)26-19-11-7-6-10-17(18)19/h3-11,14H,2,13,15H2,1H3,(H,25,30). The van der Waals surface area contributed by atoms with Crippen LogP contribution in [0.4, 0.5) is 0 Å². The van der Waals surface area contributed by atoms with Crippen LogP contribution >= 0.6 is 11.8 Å². The van der Waals surface area contributed by atoms with Crippen molar-refractivity contribution in [3.8, 4) is 28.7 Å². The van der Waals surface area contributed by atoms with Gasteiger partial charge in [0.15, 0.2) is 11.0 Å². The molecule has 0 radical (unpaired) electrons. The highest BCUT2D eigenvalue weighted by Crippen LogP contribution is 2.32. The zero-order chi connectivity index (χ0) is 21.6. The maximum atomic E-state index is 11.9. The quantitative estimate of drug-likeness (QED) is 0.354. The summed E-state index contributed by atoms with van der Waals surface area (Å²) < 4.78 is 2.00. The highest BCUT2D eigenvalue weighted by molar-refractivity contribution is 7.99. The van der Waals surface area contributed by atoms with E-state index >= 15 is 0 Å². The molecule has 0 unspecified atom stereocenters. The number of nitrogens with one attached hydrogen (secondary N) is 1. The van der Waals surface area contributed by atoms with Crippen molar-refractivity contribution in [3.63, 3.8) is 0 Å². The molecule has 7 nitrogen and oxygen atoms in total. The Balaban J connectivity index is 1.75. The Bertz CT molecular complexity index is 1260. The van der Waals surface area contributed by atoms with Crippen molar-refractivity contribution in [2.45, 2.75) is 18.6 Å². The molecule has 0 aliphatic carbocycles. The van der Waals surface area contributed by atoms with Crippen molar-refractivity contribution in [1.29, 1.82) is 5.26 Å². The van der Waals surface area contributed by atoms with E-state index in [0.29, 0.717) is 11.7 Å². The third-order valence-electron chi connectivity index (χ3n) is 4.76. The topological polar surface area (TPSA) is 96.5 Å². The predicted octanol–water partition coefficient (Wildman–Crippen LogP) is 3.91. The van der Waals surface area contributed by atoms with Crippen LogP contribution in [0, 0.1) is 11.3 Å². The van der Waals surface area contributed by atoms with Gasteiger partial charge in [-0.1, -0.05) is 60.3 Å². The van der Waals surface area contributed by atoms with Crippen LogP contribution in [0.5, 0.6) is 0 Å². The second kappa shape index (κ2) is 9.41. The summed E-state index contributed by atoms with van der Waals surface area (Å²) in [5, 5.41) is 21.6. The van der Waals surface area contributed by atoms with Gasteiger partial charge in [0, 0.05) is 23.1 Å². The van der Waals surface area contributed by atoms with Crippen molar-refractivity contribution in [3.05, 3.63) is 60.7 Å². The number of hydrogen-bond acceptors (Lipinski definition) is 6. The average Bonchev–Trinajstić information content (AvgIpc) is 3.24. The lowest BCUT2D eigenvalue weighted by Gasteiger charge is -2.11. The van der Waals surface area contributed by atoms with E-state index in [9.17, 15) is 4.79 Å². The molecular formula is C23H20N6OS. The van der Waals surface area contributed by atoms with Gasteiger partial charge < -0.3 is 9.88 Å². The van der Waals surface area contributed by atoms with Crippen LogP contribution in [-0.2, 0) is 11.3 Å². The molecule has 2 aromatic carbocycles. The summed E-state index contributed by atoms with van der Waals surface area (Å²) in [6.07, 6.45) is 0. The summed E-state index contributed by atoms with van der Waals surface area (Å²) in [5.74, 6) is 0.698. The second-order valence-electron chi connectivity index (χ2n) is 6.71. The Hall–Kier alpha value is -3.70. The van der Waals surface area contributed by atoms with E-state index in [2.05, 4.69) is 15.5 Å². The minimum Gasteiger partial charge on any atom is -0.342 e. The maximum Gasteiger partial charge on any atom is 0.231 e. The molecule has 0 aliphatic heterocycles. The van der Waals surface area contributed by atoms with Crippen LogP contribution in [0.1, 0.15) is 6.92 Å². The molecule has 1 amide bonds. The summed E-state index contributed by atoms with van der Waals surface area (Å²) in [4.78, 5) is 16.7. The third kappa shape index (κ3) is 4.42. The average molecular weight is 429 g/mol. The molecule has 0 aliphatic rings. The molecule has 154 valence electrons. The number of para-hydroxylation sites is 1. The lowest BCUT2D eigenvalue weighted by atomic mass is 10.0. The number of benzene rings is 2. The Morgan fingerprint density at radius 3 is 2.68 bits per heavy atom. The van der Waals surface area contributed by atoms with E-state index in [0.717, 1.165) is 33.5 Å².